The third-order valence-corrected chi connectivity index (χ3v) is 6.73. The Morgan fingerprint density at radius 2 is 1.78 bits per heavy atom. The number of nitrogens with one attached hydrogen (secondary N) is 2. The normalized spacial score (nSPS) is 14.4. The molecule has 1 aliphatic heterocycles. The zero-order chi connectivity index (χ0) is 21.9. The molecule has 0 atom stereocenters. The second-order valence-corrected chi connectivity index (χ2v) is 8.87. The maximum absolute atomic E-state index is 13.6. The van der Waals surface area contributed by atoms with Gasteiger partial charge in [0.2, 0.25) is 5.95 Å². The molecule has 0 radical (unpaired) electrons. The third kappa shape index (κ3) is 4.51. The van der Waals surface area contributed by atoms with Gasteiger partial charge in [-0.1, -0.05) is 0 Å². The lowest BCUT2D eigenvalue weighted by molar-refractivity contribution is 0.459. The molecule has 2 N–H and O–H groups in total. The second-order valence-electron chi connectivity index (χ2n) is 7.84. The molecular formula is C24H23FN6S. The molecule has 0 saturated carbocycles. The van der Waals surface area contributed by atoms with E-state index in [-0.39, 0.29) is 5.82 Å². The van der Waals surface area contributed by atoms with E-state index in [0.717, 1.165) is 64.1 Å². The lowest BCUT2D eigenvalue weighted by atomic mass is 9.99. The van der Waals surface area contributed by atoms with E-state index >= 15 is 0 Å². The highest BCUT2D eigenvalue weighted by atomic mass is 32.1. The number of aryl methyl sites for hydroxylation is 1. The summed E-state index contributed by atoms with van der Waals surface area (Å²) < 4.78 is 13.6. The minimum atomic E-state index is -0.259. The van der Waals surface area contributed by atoms with Gasteiger partial charge in [0.05, 0.1) is 21.3 Å². The van der Waals surface area contributed by atoms with E-state index in [1.54, 1.807) is 35.9 Å². The number of aromatic nitrogens is 4. The quantitative estimate of drug-likeness (QED) is 0.432. The highest BCUT2D eigenvalue weighted by Crippen LogP contribution is 2.40. The van der Waals surface area contributed by atoms with Gasteiger partial charge in [0, 0.05) is 35.3 Å². The van der Waals surface area contributed by atoms with Gasteiger partial charge in [-0.2, -0.15) is 0 Å². The Kier molecular flexibility index (Phi) is 5.87. The predicted octanol–water partition coefficient (Wildman–Crippen LogP) is 5.32. The Balaban J connectivity index is 1.54. The first-order valence-electron chi connectivity index (χ1n) is 10.7. The SMILES string of the molecule is Cc1cc(Nc2nccc(-c3sc(C4CCNCC4)nc3-c3ccc(F)cc3)n2)ccn1. The van der Waals surface area contributed by atoms with Crippen molar-refractivity contribution in [2.45, 2.75) is 25.7 Å². The van der Waals surface area contributed by atoms with Crippen molar-refractivity contribution in [3.8, 4) is 21.8 Å². The summed E-state index contributed by atoms with van der Waals surface area (Å²) >= 11 is 1.67. The van der Waals surface area contributed by atoms with Crippen molar-refractivity contribution in [2.75, 3.05) is 18.4 Å². The van der Waals surface area contributed by atoms with Crippen molar-refractivity contribution in [3.63, 3.8) is 0 Å². The van der Waals surface area contributed by atoms with E-state index in [0.29, 0.717) is 11.9 Å². The van der Waals surface area contributed by atoms with Crippen LogP contribution in [-0.4, -0.2) is 33.0 Å². The summed E-state index contributed by atoms with van der Waals surface area (Å²) in [6.45, 7) is 3.94. The Labute approximate surface area is 190 Å². The number of anilines is 2. The number of hydrogen-bond donors (Lipinski definition) is 2. The Morgan fingerprint density at radius 1 is 1.00 bits per heavy atom. The van der Waals surface area contributed by atoms with Gasteiger partial charge in [-0.25, -0.2) is 19.3 Å². The predicted molar refractivity (Wildman–Crippen MR) is 126 cm³/mol. The van der Waals surface area contributed by atoms with Gasteiger partial charge in [-0.3, -0.25) is 4.98 Å². The zero-order valence-electron chi connectivity index (χ0n) is 17.7. The summed E-state index contributed by atoms with van der Waals surface area (Å²) in [5.74, 6) is 0.675. The maximum Gasteiger partial charge on any atom is 0.227 e. The highest BCUT2D eigenvalue weighted by Gasteiger charge is 2.23. The molecule has 1 aromatic carbocycles. The molecule has 0 spiro atoms. The summed E-state index contributed by atoms with van der Waals surface area (Å²) in [4.78, 5) is 19.4. The number of nitrogens with zero attached hydrogens (tertiary/aromatic N) is 4. The van der Waals surface area contributed by atoms with Crippen molar-refractivity contribution in [1.29, 1.82) is 0 Å². The molecule has 0 amide bonds. The fraction of sp³-hybridized carbons (Fsp3) is 0.250. The maximum atomic E-state index is 13.6. The lowest BCUT2D eigenvalue weighted by Gasteiger charge is -2.20. The summed E-state index contributed by atoms with van der Waals surface area (Å²) in [7, 11) is 0. The van der Waals surface area contributed by atoms with Gasteiger partial charge < -0.3 is 10.6 Å². The molecule has 3 aromatic heterocycles. The van der Waals surface area contributed by atoms with Crippen LogP contribution in [0.15, 0.2) is 54.9 Å². The van der Waals surface area contributed by atoms with Crippen LogP contribution < -0.4 is 10.6 Å². The van der Waals surface area contributed by atoms with Gasteiger partial charge in [0.15, 0.2) is 0 Å². The fourth-order valence-electron chi connectivity index (χ4n) is 3.85. The Hall–Kier alpha value is -3.23. The van der Waals surface area contributed by atoms with Gasteiger partial charge in [-0.15, -0.1) is 11.3 Å². The van der Waals surface area contributed by atoms with E-state index in [9.17, 15) is 4.39 Å². The van der Waals surface area contributed by atoms with Crippen molar-refractivity contribution in [1.82, 2.24) is 25.3 Å². The fourth-order valence-corrected chi connectivity index (χ4v) is 5.08. The molecule has 0 aliphatic carbocycles. The number of rotatable bonds is 5. The minimum absolute atomic E-state index is 0.259. The van der Waals surface area contributed by atoms with Crippen LogP contribution in [-0.2, 0) is 0 Å². The Bertz CT molecular complexity index is 1220. The number of halogens is 1. The molecule has 4 heterocycles. The number of piperidine rings is 1. The molecule has 1 fully saturated rings. The first kappa shape index (κ1) is 20.7. The zero-order valence-corrected chi connectivity index (χ0v) is 18.5. The number of pyridine rings is 1. The van der Waals surface area contributed by atoms with E-state index in [2.05, 4.69) is 20.6 Å². The monoisotopic (exact) mass is 446 g/mol. The molecule has 1 saturated heterocycles. The first-order chi connectivity index (χ1) is 15.7. The van der Waals surface area contributed by atoms with Crippen LogP contribution in [0.1, 0.15) is 29.5 Å². The molecule has 8 heteroatoms. The van der Waals surface area contributed by atoms with Crippen LogP contribution in [0.25, 0.3) is 21.8 Å². The number of benzene rings is 1. The van der Waals surface area contributed by atoms with Crippen LogP contribution in [0.5, 0.6) is 0 Å². The van der Waals surface area contributed by atoms with Gasteiger partial charge in [-0.05, 0) is 75.3 Å². The minimum Gasteiger partial charge on any atom is -0.324 e. The largest absolute Gasteiger partial charge is 0.324 e. The topological polar surface area (TPSA) is 75.6 Å². The number of thiazole rings is 1. The molecule has 0 unspecified atom stereocenters. The number of hydrogen-bond acceptors (Lipinski definition) is 7. The molecular weight excluding hydrogens is 423 g/mol. The standard InChI is InChI=1S/C24H23FN6S/c1-15-14-19(8-12-27-15)29-24-28-13-9-20(30-24)22-21(16-2-4-18(25)5-3-16)31-23(32-22)17-6-10-26-11-7-17/h2-5,8-9,12-14,17,26H,6-7,10-11H2,1H3,(H,27,28,29,30). The second kappa shape index (κ2) is 9.10. The molecule has 162 valence electrons. The van der Waals surface area contributed by atoms with Crippen LogP contribution in [0.4, 0.5) is 16.0 Å². The van der Waals surface area contributed by atoms with Crippen LogP contribution in [0.2, 0.25) is 0 Å². The van der Waals surface area contributed by atoms with Gasteiger partial charge in [0.25, 0.3) is 0 Å². The lowest BCUT2D eigenvalue weighted by Crippen LogP contribution is -2.26. The molecule has 0 bridgehead atoms. The van der Waals surface area contributed by atoms with Crippen LogP contribution in [0.3, 0.4) is 0 Å². The van der Waals surface area contributed by atoms with E-state index in [4.69, 9.17) is 9.97 Å². The van der Waals surface area contributed by atoms with Crippen molar-refractivity contribution in [2.24, 2.45) is 0 Å². The molecule has 5 rings (SSSR count). The van der Waals surface area contributed by atoms with Gasteiger partial charge >= 0.3 is 0 Å². The molecule has 32 heavy (non-hydrogen) atoms. The summed E-state index contributed by atoms with van der Waals surface area (Å²) in [6.07, 6.45) is 5.63. The smallest absolute Gasteiger partial charge is 0.227 e. The average molecular weight is 447 g/mol. The molecule has 4 aromatic rings. The van der Waals surface area contributed by atoms with Crippen molar-refractivity contribution in [3.05, 3.63) is 71.4 Å². The summed E-state index contributed by atoms with van der Waals surface area (Å²) in [6, 6.07) is 12.2. The Morgan fingerprint density at radius 3 is 2.56 bits per heavy atom. The highest BCUT2D eigenvalue weighted by molar-refractivity contribution is 7.15. The summed E-state index contributed by atoms with van der Waals surface area (Å²) in [5.41, 5.74) is 4.32. The van der Waals surface area contributed by atoms with Crippen LogP contribution in [0, 0.1) is 12.7 Å². The van der Waals surface area contributed by atoms with Crippen molar-refractivity contribution < 1.29 is 4.39 Å². The first-order valence-corrected chi connectivity index (χ1v) is 11.5. The summed E-state index contributed by atoms with van der Waals surface area (Å²) in [5, 5.41) is 7.78. The molecule has 6 nitrogen and oxygen atoms in total. The van der Waals surface area contributed by atoms with E-state index in [1.807, 2.05) is 25.1 Å². The van der Waals surface area contributed by atoms with Crippen LogP contribution >= 0.6 is 11.3 Å². The van der Waals surface area contributed by atoms with Crippen molar-refractivity contribution >= 4 is 23.0 Å². The average Bonchev–Trinajstić information content (AvgIpc) is 3.26. The van der Waals surface area contributed by atoms with Gasteiger partial charge in [0.1, 0.15) is 5.82 Å². The third-order valence-electron chi connectivity index (χ3n) is 5.49. The van der Waals surface area contributed by atoms with E-state index in [1.165, 1.54) is 12.1 Å². The molecule has 1 aliphatic rings. The van der Waals surface area contributed by atoms with E-state index < -0.39 is 0 Å².